The first-order valence-electron chi connectivity index (χ1n) is 11.8. The van der Waals surface area contributed by atoms with Crippen molar-refractivity contribution in [2.45, 2.75) is 13.0 Å². The molecule has 8 heteroatoms. The van der Waals surface area contributed by atoms with Crippen LogP contribution in [0.5, 0.6) is 0 Å². The second-order valence-electron chi connectivity index (χ2n) is 8.55. The summed E-state index contributed by atoms with van der Waals surface area (Å²) in [4.78, 5) is 35.3. The molecular formula is C30H21Cl2N3O3. The first kappa shape index (κ1) is 25.4. The molecule has 1 amide bonds. The van der Waals surface area contributed by atoms with Crippen molar-refractivity contribution in [3.05, 3.63) is 113 Å². The number of nitrogens with zero attached hydrogens (tertiary/aromatic N) is 2. The molecule has 0 bridgehead atoms. The fourth-order valence-corrected chi connectivity index (χ4v) is 4.45. The zero-order valence-electron chi connectivity index (χ0n) is 20.2. The summed E-state index contributed by atoms with van der Waals surface area (Å²) < 4.78 is 5.42. The summed E-state index contributed by atoms with van der Waals surface area (Å²) in [5, 5.41) is 3.40. The lowest BCUT2D eigenvalue weighted by atomic mass is 10.0. The number of carbonyl (C=O) groups is 2. The molecule has 4 aromatic carbocycles. The Bertz CT molecular complexity index is 1620. The van der Waals surface area contributed by atoms with E-state index in [2.05, 4.69) is 5.32 Å². The van der Waals surface area contributed by atoms with Gasteiger partial charge in [0.25, 0.3) is 5.91 Å². The maximum Gasteiger partial charge on any atom is 0.338 e. The van der Waals surface area contributed by atoms with Crippen LogP contribution < -0.4 is 5.32 Å². The summed E-state index contributed by atoms with van der Waals surface area (Å²) >= 11 is 12.0. The van der Waals surface area contributed by atoms with Crippen molar-refractivity contribution in [1.82, 2.24) is 9.97 Å². The van der Waals surface area contributed by atoms with Crippen molar-refractivity contribution in [3.63, 3.8) is 0 Å². The number of aromatic nitrogens is 2. The third-order valence-electron chi connectivity index (χ3n) is 5.78. The normalized spacial score (nSPS) is 11.7. The minimum absolute atomic E-state index is 0.253. The molecule has 0 saturated heterocycles. The molecule has 188 valence electrons. The highest BCUT2D eigenvalue weighted by Gasteiger charge is 2.21. The molecule has 38 heavy (non-hydrogen) atoms. The Balaban J connectivity index is 1.42. The molecular weight excluding hydrogens is 521 g/mol. The van der Waals surface area contributed by atoms with Gasteiger partial charge in [0.15, 0.2) is 6.10 Å². The maximum atomic E-state index is 12.9. The predicted molar refractivity (Wildman–Crippen MR) is 150 cm³/mol. The van der Waals surface area contributed by atoms with E-state index in [1.54, 1.807) is 36.4 Å². The average Bonchev–Trinajstić information content (AvgIpc) is 2.92. The Morgan fingerprint density at radius 2 is 1.29 bits per heavy atom. The SMILES string of the molecule is CC(OC(=O)c1ccc2nc(-c3ccccc3)c(-c3ccccc3)nc2c1)C(=O)Nc1cc(Cl)cc(Cl)c1. The van der Waals surface area contributed by atoms with E-state index in [0.29, 0.717) is 32.5 Å². The number of hydrogen-bond donors (Lipinski definition) is 1. The Morgan fingerprint density at radius 3 is 1.87 bits per heavy atom. The highest BCUT2D eigenvalue weighted by molar-refractivity contribution is 6.35. The van der Waals surface area contributed by atoms with Crippen molar-refractivity contribution in [1.29, 1.82) is 0 Å². The first-order chi connectivity index (χ1) is 18.4. The van der Waals surface area contributed by atoms with Gasteiger partial charge < -0.3 is 10.1 Å². The number of amides is 1. The van der Waals surface area contributed by atoms with E-state index in [9.17, 15) is 9.59 Å². The molecule has 6 nitrogen and oxygen atoms in total. The van der Waals surface area contributed by atoms with Gasteiger partial charge in [0.1, 0.15) is 0 Å². The average molecular weight is 542 g/mol. The number of anilines is 1. The molecule has 1 N–H and O–H groups in total. The summed E-state index contributed by atoms with van der Waals surface area (Å²) in [5.41, 5.74) is 5.09. The van der Waals surface area contributed by atoms with Gasteiger partial charge in [0.05, 0.1) is 28.0 Å². The third kappa shape index (κ3) is 5.67. The number of nitrogens with one attached hydrogen (secondary N) is 1. The summed E-state index contributed by atoms with van der Waals surface area (Å²) in [6, 6.07) is 29.2. The van der Waals surface area contributed by atoms with Crippen LogP contribution in [0.15, 0.2) is 97.1 Å². The number of halogens is 2. The topological polar surface area (TPSA) is 81.2 Å². The number of ether oxygens (including phenoxy) is 1. The van der Waals surface area contributed by atoms with Gasteiger partial charge in [-0.2, -0.15) is 0 Å². The van der Waals surface area contributed by atoms with Gasteiger partial charge in [-0.3, -0.25) is 4.79 Å². The largest absolute Gasteiger partial charge is 0.449 e. The van der Waals surface area contributed by atoms with Crippen molar-refractivity contribution in [2.75, 3.05) is 5.32 Å². The van der Waals surface area contributed by atoms with Crippen molar-refractivity contribution < 1.29 is 14.3 Å². The van der Waals surface area contributed by atoms with E-state index >= 15 is 0 Å². The molecule has 1 aromatic heterocycles. The van der Waals surface area contributed by atoms with Crippen LogP contribution in [0, 0.1) is 0 Å². The molecule has 0 aliphatic rings. The molecule has 5 aromatic rings. The monoisotopic (exact) mass is 541 g/mol. The second-order valence-corrected chi connectivity index (χ2v) is 9.42. The molecule has 0 aliphatic heterocycles. The van der Waals surface area contributed by atoms with E-state index in [4.69, 9.17) is 37.9 Å². The van der Waals surface area contributed by atoms with E-state index in [-0.39, 0.29) is 5.56 Å². The molecule has 1 atom stereocenters. The first-order valence-corrected chi connectivity index (χ1v) is 12.5. The van der Waals surface area contributed by atoms with Crippen LogP contribution in [-0.2, 0) is 9.53 Å². The van der Waals surface area contributed by atoms with Crippen molar-refractivity contribution in [2.24, 2.45) is 0 Å². The quantitative estimate of drug-likeness (QED) is 0.225. The molecule has 0 radical (unpaired) electrons. The van der Waals surface area contributed by atoms with Crippen LogP contribution in [0.1, 0.15) is 17.3 Å². The second kappa shape index (κ2) is 11.0. The standard InChI is InChI=1S/C30H21Cl2N3O3/c1-18(29(36)33-24-16-22(31)15-23(32)17-24)38-30(37)21-12-13-25-26(14-21)35-28(20-10-6-3-7-11-20)27(34-25)19-8-4-2-5-9-19/h2-18H,1H3,(H,33,36). The number of carbonyl (C=O) groups excluding carboxylic acids is 2. The number of benzene rings is 4. The fraction of sp³-hybridized carbons (Fsp3) is 0.0667. The smallest absolute Gasteiger partial charge is 0.338 e. The number of esters is 1. The van der Waals surface area contributed by atoms with Crippen molar-refractivity contribution >= 4 is 51.8 Å². The number of hydrogen-bond acceptors (Lipinski definition) is 5. The summed E-state index contributed by atoms with van der Waals surface area (Å²) in [6.45, 7) is 1.49. The van der Waals surface area contributed by atoms with Crippen LogP contribution in [0.2, 0.25) is 10.0 Å². The van der Waals surface area contributed by atoms with Gasteiger partial charge in [-0.1, -0.05) is 83.9 Å². The summed E-state index contributed by atoms with van der Waals surface area (Å²) in [7, 11) is 0. The molecule has 0 fully saturated rings. The van der Waals surface area contributed by atoms with Gasteiger partial charge in [-0.05, 0) is 43.3 Å². The molecule has 0 spiro atoms. The Hall–Kier alpha value is -4.26. The molecule has 5 rings (SSSR count). The van der Waals surface area contributed by atoms with Gasteiger partial charge in [0.2, 0.25) is 0 Å². The minimum atomic E-state index is -1.07. The van der Waals surface area contributed by atoms with Crippen LogP contribution in [0.25, 0.3) is 33.5 Å². The fourth-order valence-electron chi connectivity index (χ4n) is 3.93. The lowest BCUT2D eigenvalue weighted by Crippen LogP contribution is -2.30. The van der Waals surface area contributed by atoms with Crippen LogP contribution in [0.4, 0.5) is 5.69 Å². The highest BCUT2D eigenvalue weighted by atomic mass is 35.5. The zero-order valence-corrected chi connectivity index (χ0v) is 21.7. The molecule has 1 unspecified atom stereocenters. The van der Waals surface area contributed by atoms with E-state index < -0.39 is 18.0 Å². The molecule has 0 aliphatic carbocycles. The van der Waals surface area contributed by atoms with Crippen LogP contribution in [-0.4, -0.2) is 27.9 Å². The van der Waals surface area contributed by atoms with Gasteiger partial charge in [-0.25, -0.2) is 14.8 Å². The maximum absolute atomic E-state index is 12.9. The van der Waals surface area contributed by atoms with E-state index in [1.165, 1.54) is 6.92 Å². The van der Waals surface area contributed by atoms with Crippen molar-refractivity contribution in [3.8, 4) is 22.5 Å². The number of fused-ring (bicyclic) bond motifs is 1. The van der Waals surface area contributed by atoms with Gasteiger partial charge >= 0.3 is 5.97 Å². The Morgan fingerprint density at radius 1 is 0.737 bits per heavy atom. The Labute approximate surface area is 229 Å². The predicted octanol–water partition coefficient (Wildman–Crippen LogP) is 7.45. The van der Waals surface area contributed by atoms with Crippen LogP contribution in [0.3, 0.4) is 0 Å². The van der Waals surface area contributed by atoms with Gasteiger partial charge in [0, 0.05) is 26.9 Å². The summed E-state index contributed by atoms with van der Waals surface area (Å²) in [5.74, 6) is -1.18. The van der Waals surface area contributed by atoms with E-state index in [1.807, 2.05) is 60.7 Å². The Kier molecular flexibility index (Phi) is 7.36. The van der Waals surface area contributed by atoms with E-state index in [0.717, 1.165) is 16.8 Å². The third-order valence-corrected chi connectivity index (χ3v) is 6.21. The lowest BCUT2D eigenvalue weighted by Gasteiger charge is -2.14. The minimum Gasteiger partial charge on any atom is -0.449 e. The molecule has 0 saturated carbocycles. The summed E-state index contributed by atoms with van der Waals surface area (Å²) in [6.07, 6.45) is -1.07. The van der Waals surface area contributed by atoms with Crippen LogP contribution >= 0.6 is 23.2 Å². The highest BCUT2D eigenvalue weighted by Crippen LogP contribution is 2.31. The zero-order chi connectivity index (χ0) is 26.6. The van der Waals surface area contributed by atoms with Gasteiger partial charge in [-0.15, -0.1) is 0 Å². The molecule has 1 heterocycles. The number of rotatable bonds is 6. The lowest BCUT2D eigenvalue weighted by molar-refractivity contribution is -0.123.